The van der Waals surface area contributed by atoms with Crippen LogP contribution in [0.3, 0.4) is 0 Å². The van der Waals surface area contributed by atoms with E-state index in [1.165, 1.54) is 5.56 Å². The SMILES string of the molecule is CCN(CC)Cc1ccc(-c2nc3ccccc3c(=O)[nH]2)cc1. The molecule has 0 atom stereocenters. The van der Waals surface area contributed by atoms with Crippen LogP contribution in [0.4, 0.5) is 0 Å². The van der Waals surface area contributed by atoms with Crippen LogP contribution in [0.2, 0.25) is 0 Å². The molecule has 23 heavy (non-hydrogen) atoms. The van der Waals surface area contributed by atoms with E-state index >= 15 is 0 Å². The Morgan fingerprint density at radius 3 is 2.39 bits per heavy atom. The zero-order chi connectivity index (χ0) is 16.2. The molecule has 4 nitrogen and oxygen atoms in total. The van der Waals surface area contributed by atoms with Crippen LogP contribution < -0.4 is 5.56 Å². The molecule has 0 spiro atoms. The normalized spacial score (nSPS) is 11.3. The van der Waals surface area contributed by atoms with Gasteiger partial charge in [0.25, 0.3) is 5.56 Å². The van der Waals surface area contributed by atoms with Gasteiger partial charge in [-0.2, -0.15) is 0 Å². The number of nitrogens with zero attached hydrogens (tertiary/aromatic N) is 2. The Labute approximate surface area is 135 Å². The standard InChI is InChI=1S/C19H21N3O/c1-3-22(4-2)13-14-9-11-15(12-10-14)18-20-17-8-6-5-7-16(17)19(23)21-18/h5-12H,3-4,13H2,1-2H3,(H,20,21,23). The van der Waals surface area contributed by atoms with Crippen molar-refractivity contribution in [3.8, 4) is 11.4 Å². The number of hydrogen-bond acceptors (Lipinski definition) is 3. The number of nitrogens with one attached hydrogen (secondary N) is 1. The third kappa shape index (κ3) is 3.32. The van der Waals surface area contributed by atoms with Crippen LogP contribution in [0.25, 0.3) is 22.3 Å². The van der Waals surface area contributed by atoms with Gasteiger partial charge in [0, 0.05) is 12.1 Å². The van der Waals surface area contributed by atoms with Gasteiger partial charge in [-0.25, -0.2) is 4.98 Å². The lowest BCUT2D eigenvalue weighted by Crippen LogP contribution is -2.21. The Bertz CT molecular complexity index is 848. The first-order chi connectivity index (χ1) is 11.2. The minimum Gasteiger partial charge on any atom is -0.306 e. The molecule has 1 N–H and O–H groups in total. The summed E-state index contributed by atoms with van der Waals surface area (Å²) >= 11 is 0. The first kappa shape index (κ1) is 15.4. The molecule has 0 bridgehead atoms. The maximum absolute atomic E-state index is 12.2. The topological polar surface area (TPSA) is 49.0 Å². The summed E-state index contributed by atoms with van der Waals surface area (Å²) in [7, 11) is 0. The van der Waals surface area contributed by atoms with Crippen LogP contribution in [-0.4, -0.2) is 28.0 Å². The molecule has 0 aliphatic rings. The molecule has 118 valence electrons. The van der Waals surface area contributed by atoms with Gasteiger partial charge in [-0.15, -0.1) is 0 Å². The Hall–Kier alpha value is -2.46. The van der Waals surface area contributed by atoms with E-state index in [1.807, 2.05) is 30.3 Å². The van der Waals surface area contributed by atoms with Gasteiger partial charge in [-0.05, 0) is 30.8 Å². The molecule has 0 amide bonds. The Balaban J connectivity index is 1.92. The van der Waals surface area contributed by atoms with Gasteiger partial charge < -0.3 is 4.98 Å². The quantitative estimate of drug-likeness (QED) is 0.785. The van der Waals surface area contributed by atoms with Crippen molar-refractivity contribution >= 4 is 10.9 Å². The van der Waals surface area contributed by atoms with E-state index in [1.54, 1.807) is 6.07 Å². The van der Waals surface area contributed by atoms with Crippen molar-refractivity contribution in [1.82, 2.24) is 14.9 Å². The molecule has 0 saturated heterocycles. The first-order valence-corrected chi connectivity index (χ1v) is 8.02. The summed E-state index contributed by atoms with van der Waals surface area (Å²) in [6.45, 7) is 7.35. The summed E-state index contributed by atoms with van der Waals surface area (Å²) in [6.07, 6.45) is 0. The van der Waals surface area contributed by atoms with Gasteiger partial charge in [0.15, 0.2) is 0 Å². The Morgan fingerprint density at radius 2 is 1.70 bits per heavy atom. The number of H-pyrrole nitrogens is 1. The van der Waals surface area contributed by atoms with Gasteiger partial charge in [0.2, 0.25) is 0 Å². The van der Waals surface area contributed by atoms with Gasteiger partial charge in [-0.3, -0.25) is 9.69 Å². The van der Waals surface area contributed by atoms with E-state index in [0.29, 0.717) is 11.2 Å². The highest BCUT2D eigenvalue weighted by atomic mass is 16.1. The fourth-order valence-electron chi connectivity index (χ4n) is 2.70. The number of hydrogen-bond donors (Lipinski definition) is 1. The minimum absolute atomic E-state index is 0.0992. The van der Waals surface area contributed by atoms with Crippen molar-refractivity contribution in [1.29, 1.82) is 0 Å². The summed E-state index contributed by atoms with van der Waals surface area (Å²) in [5, 5.41) is 0.620. The molecule has 2 aromatic carbocycles. The molecule has 1 aromatic heterocycles. The van der Waals surface area contributed by atoms with Crippen molar-refractivity contribution in [2.45, 2.75) is 20.4 Å². The molecular weight excluding hydrogens is 286 g/mol. The van der Waals surface area contributed by atoms with Crippen molar-refractivity contribution in [2.24, 2.45) is 0 Å². The van der Waals surface area contributed by atoms with E-state index in [0.717, 1.165) is 30.7 Å². The summed E-state index contributed by atoms with van der Waals surface area (Å²) < 4.78 is 0. The highest BCUT2D eigenvalue weighted by Crippen LogP contribution is 2.17. The molecule has 0 fully saturated rings. The molecule has 0 aliphatic carbocycles. The lowest BCUT2D eigenvalue weighted by molar-refractivity contribution is 0.296. The second kappa shape index (κ2) is 6.75. The maximum atomic E-state index is 12.2. The smallest absolute Gasteiger partial charge is 0.259 e. The van der Waals surface area contributed by atoms with Crippen LogP contribution in [0.15, 0.2) is 53.3 Å². The molecule has 0 saturated carbocycles. The van der Waals surface area contributed by atoms with Crippen LogP contribution in [0.5, 0.6) is 0 Å². The van der Waals surface area contributed by atoms with Gasteiger partial charge in [-0.1, -0.05) is 50.2 Å². The van der Waals surface area contributed by atoms with Crippen molar-refractivity contribution in [2.75, 3.05) is 13.1 Å². The molecule has 0 unspecified atom stereocenters. The van der Waals surface area contributed by atoms with Gasteiger partial charge >= 0.3 is 0 Å². The Kier molecular flexibility index (Phi) is 4.53. The summed E-state index contributed by atoms with van der Waals surface area (Å²) in [5.41, 5.74) is 2.81. The van der Waals surface area contributed by atoms with E-state index in [9.17, 15) is 4.79 Å². The fraction of sp³-hybridized carbons (Fsp3) is 0.263. The van der Waals surface area contributed by atoms with Gasteiger partial charge in [0.05, 0.1) is 10.9 Å². The van der Waals surface area contributed by atoms with Crippen LogP contribution >= 0.6 is 0 Å². The molecule has 0 radical (unpaired) electrons. The van der Waals surface area contributed by atoms with Crippen molar-refractivity contribution in [3.63, 3.8) is 0 Å². The number of para-hydroxylation sites is 1. The Morgan fingerprint density at radius 1 is 1.00 bits per heavy atom. The highest BCUT2D eigenvalue weighted by molar-refractivity contribution is 5.79. The van der Waals surface area contributed by atoms with E-state index in [4.69, 9.17) is 0 Å². The highest BCUT2D eigenvalue weighted by Gasteiger charge is 2.06. The lowest BCUT2D eigenvalue weighted by atomic mass is 10.1. The van der Waals surface area contributed by atoms with Crippen molar-refractivity contribution in [3.05, 3.63) is 64.4 Å². The average molecular weight is 307 g/mol. The van der Waals surface area contributed by atoms with Crippen LogP contribution in [0.1, 0.15) is 19.4 Å². The zero-order valence-corrected chi connectivity index (χ0v) is 13.5. The molecule has 3 aromatic rings. The molecule has 3 rings (SSSR count). The summed E-state index contributed by atoms with van der Waals surface area (Å²) in [4.78, 5) is 22.0. The van der Waals surface area contributed by atoms with Gasteiger partial charge in [0.1, 0.15) is 5.82 Å². The second-order valence-electron chi connectivity index (χ2n) is 5.59. The first-order valence-electron chi connectivity index (χ1n) is 8.02. The van der Waals surface area contributed by atoms with E-state index in [2.05, 4.69) is 40.8 Å². The number of rotatable bonds is 5. The fourth-order valence-corrected chi connectivity index (χ4v) is 2.70. The minimum atomic E-state index is -0.0992. The molecule has 4 heteroatoms. The monoisotopic (exact) mass is 307 g/mol. The maximum Gasteiger partial charge on any atom is 0.259 e. The molecule has 1 heterocycles. The van der Waals surface area contributed by atoms with Crippen LogP contribution in [0, 0.1) is 0 Å². The number of aromatic nitrogens is 2. The second-order valence-corrected chi connectivity index (χ2v) is 5.59. The van der Waals surface area contributed by atoms with Crippen molar-refractivity contribution < 1.29 is 0 Å². The predicted octanol–water partition coefficient (Wildman–Crippen LogP) is 3.43. The summed E-state index contributed by atoms with van der Waals surface area (Å²) in [5.74, 6) is 0.614. The van der Waals surface area contributed by atoms with E-state index < -0.39 is 0 Å². The number of aromatic amines is 1. The molecule has 0 aliphatic heterocycles. The van der Waals surface area contributed by atoms with Crippen LogP contribution in [-0.2, 0) is 6.54 Å². The van der Waals surface area contributed by atoms with E-state index in [-0.39, 0.29) is 5.56 Å². The predicted molar refractivity (Wildman–Crippen MR) is 94.4 cm³/mol. The average Bonchev–Trinajstić information content (AvgIpc) is 2.60. The third-order valence-corrected chi connectivity index (χ3v) is 4.14. The zero-order valence-electron chi connectivity index (χ0n) is 13.5. The summed E-state index contributed by atoms with van der Waals surface area (Å²) in [6, 6.07) is 15.6. The molecular formula is C19H21N3O. The lowest BCUT2D eigenvalue weighted by Gasteiger charge is -2.18. The largest absolute Gasteiger partial charge is 0.306 e. The third-order valence-electron chi connectivity index (χ3n) is 4.14. The number of benzene rings is 2. The number of fused-ring (bicyclic) bond motifs is 1.